The van der Waals surface area contributed by atoms with E-state index < -0.39 is 17.9 Å². The van der Waals surface area contributed by atoms with Crippen molar-refractivity contribution in [2.45, 2.75) is 51.1 Å². The van der Waals surface area contributed by atoms with E-state index in [0.29, 0.717) is 30.9 Å². The largest absolute Gasteiger partial charge is 0.497 e. The van der Waals surface area contributed by atoms with Gasteiger partial charge in [-0.25, -0.2) is 0 Å². The first-order valence-electron chi connectivity index (χ1n) is 11.7. The van der Waals surface area contributed by atoms with Crippen LogP contribution in [-0.4, -0.2) is 59.9 Å². The Hall–Kier alpha value is -3.18. The fraction of sp³-hybridized carbons (Fsp3) is 0.500. The van der Waals surface area contributed by atoms with E-state index in [1.54, 1.807) is 31.4 Å². The lowest BCUT2D eigenvalue weighted by Crippen LogP contribution is -2.46. The molecule has 0 bridgehead atoms. The van der Waals surface area contributed by atoms with E-state index in [4.69, 9.17) is 20.9 Å². The van der Waals surface area contributed by atoms with Gasteiger partial charge < -0.3 is 31.2 Å². The monoisotopic (exact) mass is 503 g/mol. The number of nitrogens with zero attached hydrogens (tertiary/aromatic N) is 2. The standard InChI is InChI=1S/C24H33N5O5S/c1-3-34-14-6-13-29(24(32)21-18(25)19(22(26)30)28-35-21)20(15-9-11-17(33-2)12-10-15)23(31)27-16-7-4-5-8-16/h9-12,16,20H,3-8,13-14,25H2,1-2H3,(H2,26,30)(H,27,31)/t20-/m1/s1. The lowest BCUT2D eigenvalue weighted by molar-refractivity contribution is -0.126. The molecule has 11 heteroatoms. The molecule has 0 aliphatic heterocycles. The molecule has 1 heterocycles. The first kappa shape index (κ1) is 26.4. The van der Waals surface area contributed by atoms with Crippen molar-refractivity contribution < 1.29 is 23.9 Å². The molecule has 0 radical (unpaired) electrons. The highest BCUT2D eigenvalue weighted by Crippen LogP contribution is 2.30. The van der Waals surface area contributed by atoms with E-state index >= 15 is 0 Å². The molecule has 10 nitrogen and oxygen atoms in total. The molecule has 190 valence electrons. The van der Waals surface area contributed by atoms with E-state index in [0.717, 1.165) is 37.2 Å². The van der Waals surface area contributed by atoms with Gasteiger partial charge in [0.25, 0.3) is 11.8 Å². The van der Waals surface area contributed by atoms with E-state index in [-0.39, 0.29) is 34.8 Å². The number of carbonyl (C=O) groups is 3. The first-order chi connectivity index (χ1) is 16.9. The topological polar surface area (TPSA) is 150 Å². The quantitative estimate of drug-likeness (QED) is 0.377. The molecular formula is C24H33N5O5S. The Bertz CT molecular complexity index is 1020. The van der Waals surface area contributed by atoms with Gasteiger partial charge in [-0.15, -0.1) is 0 Å². The summed E-state index contributed by atoms with van der Waals surface area (Å²) in [5, 5.41) is 3.12. The maximum Gasteiger partial charge on any atom is 0.270 e. The average Bonchev–Trinajstić information content (AvgIpc) is 3.50. The number of amides is 3. The molecule has 1 aliphatic carbocycles. The Morgan fingerprint density at radius 3 is 2.49 bits per heavy atom. The molecule has 35 heavy (non-hydrogen) atoms. The van der Waals surface area contributed by atoms with Crippen molar-refractivity contribution >= 4 is 34.9 Å². The van der Waals surface area contributed by atoms with Gasteiger partial charge >= 0.3 is 0 Å². The minimum atomic E-state index is -0.922. The number of primary amides is 1. The van der Waals surface area contributed by atoms with Gasteiger partial charge in [-0.05, 0) is 55.4 Å². The number of nitrogens with two attached hydrogens (primary N) is 2. The van der Waals surface area contributed by atoms with Gasteiger partial charge in [-0.2, -0.15) is 4.37 Å². The normalized spacial score (nSPS) is 14.5. The Kier molecular flexibility index (Phi) is 9.44. The van der Waals surface area contributed by atoms with Gasteiger partial charge in [0.1, 0.15) is 16.7 Å². The zero-order chi connectivity index (χ0) is 25.4. The summed E-state index contributed by atoms with van der Waals surface area (Å²) in [5.74, 6) is -0.946. The highest BCUT2D eigenvalue weighted by molar-refractivity contribution is 7.09. The molecule has 1 aromatic carbocycles. The number of nitrogens with one attached hydrogen (secondary N) is 1. The number of hydrogen-bond donors (Lipinski definition) is 3. The first-order valence-corrected chi connectivity index (χ1v) is 12.5. The molecule has 0 saturated heterocycles. The smallest absolute Gasteiger partial charge is 0.270 e. The highest BCUT2D eigenvalue weighted by atomic mass is 32.1. The molecule has 2 aromatic rings. The molecule has 3 rings (SSSR count). The maximum absolute atomic E-state index is 13.8. The number of hydrogen-bond acceptors (Lipinski definition) is 8. The number of methoxy groups -OCH3 is 1. The van der Waals surface area contributed by atoms with E-state index in [1.807, 2.05) is 6.92 Å². The van der Waals surface area contributed by atoms with Crippen molar-refractivity contribution in [1.82, 2.24) is 14.6 Å². The third kappa shape index (κ3) is 6.49. The second kappa shape index (κ2) is 12.5. The van der Waals surface area contributed by atoms with Gasteiger partial charge in [-0.1, -0.05) is 25.0 Å². The van der Waals surface area contributed by atoms with E-state index in [2.05, 4.69) is 9.69 Å². The minimum absolute atomic E-state index is 0.0681. The number of nitrogen functional groups attached to an aromatic ring is 1. The molecule has 1 aliphatic rings. The van der Waals surface area contributed by atoms with E-state index in [1.165, 1.54) is 4.90 Å². The van der Waals surface area contributed by atoms with Crippen molar-refractivity contribution in [3.05, 3.63) is 40.4 Å². The Morgan fingerprint density at radius 2 is 1.91 bits per heavy atom. The fourth-order valence-electron chi connectivity index (χ4n) is 4.20. The average molecular weight is 504 g/mol. The maximum atomic E-state index is 13.8. The second-order valence-corrected chi connectivity index (χ2v) is 9.13. The summed E-state index contributed by atoms with van der Waals surface area (Å²) >= 11 is 0.798. The van der Waals surface area contributed by atoms with Crippen LogP contribution in [0.4, 0.5) is 5.69 Å². The molecule has 3 amide bonds. The molecular weight excluding hydrogens is 470 g/mol. The predicted octanol–water partition coefficient (Wildman–Crippen LogP) is 2.50. The Labute approximate surface area is 209 Å². The van der Waals surface area contributed by atoms with Crippen molar-refractivity contribution in [3.8, 4) is 5.75 Å². The van der Waals surface area contributed by atoms with Crippen LogP contribution in [0.3, 0.4) is 0 Å². The second-order valence-electron chi connectivity index (χ2n) is 8.35. The number of carbonyl (C=O) groups excluding carboxylic acids is 3. The summed E-state index contributed by atoms with van der Waals surface area (Å²) in [4.78, 5) is 40.6. The third-order valence-corrected chi connectivity index (χ3v) is 6.85. The Morgan fingerprint density at radius 1 is 1.23 bits per heavy atom. The van der Waals surface area contributed by atoms with Crippen LogP contribution in [0, 0.1) is 0 Å². The number of aromatic nitrogens is 1. The summed E-state index contributed by atoms with van der Waals surface area (Å²) < 4.78 is 14.7. The number of rotatable bonds is 12. The predicted molar refractivity (Wildman–Crippen MR) is 133 cm³/mol. The van der Waals surface area contributed by atoms with Crippen molar-refractivity contribution in [1.29, 1.82) is 0 Å². The molecule has 5 N–H and O–H groups in total. The van der Waals surface area contributed by atoms with Crippen molar-refractivity contribution in [3.63, 3.8) is 0 Å². The van der Waals surface area contributed by atoms with Crippen LogP contribution < -0.4 is 21.5 Å². The van der Waals surface area contributed by atoms with Crippen molar-refractivity contribution in [2.24, 2.45) is 5.73 Å². The SMILES string of the molecule is CCOCCCN(C(=O)c1snc(C(N)=O)c1N)[C@@H](C(=O)NC1CCCC1)c1ccc(OC)cc1. The third-order valence-electron chi connectivity index (χ3n) is 6.00. The lowest BCUT2D eigenvalue weighted by Gasteiger charge is -2.32. The lowest BCUT2D eigenvalue weighted by atomic mass is 10.0. The molecule has 0 spiro atoms. The molecule has 1 aromatic heterocycles. The van der Waals surface area contributed by atoms with Crippen LogP contribution in [0.5, 0.6) is 5.75 Å². The zero-order valence-electron chi connectivity index (χ0n) is 20.1. The van der Waals surface area contributed by atoms with Gasteiger partial charge in [0.05, 0.1) is 12.8 Å². The molecule has 1 saturated carbocycles. The number of benzene rings is 1. The molecule has 0 unspecified atom stereocenters. The van der Waals surface area contributed by atoms with Gasteiger partial charge in [0.2, 0.25) is 5.91 Å². The van der Waals surface area contributed by atoms with Gasteiger partial charge in [0, 0.05) is 25.8 Å². The highest BCUT2D eigenvalue weighted by Gasteiger charge is 2.35. The summed E-state index contributed by atoms with van der Waals surface area (Å²) in [7, 11) is 1.56. The zero-order valence-corrected chi connectivity index (χ0v) is 20.9. The summed E-state index contributed by atoms with van der Waals surface area (Å²) in [6.07, 6.45) is 4.43. The van der Waals surface area contributed by atoms with Crippen LogP contribution in [0.1, 0.15) is 70.8 Å². The fourth-order valence-corrected chi connectivity index (χ4v) is 4.96. The van der Waals surface area contributed by atoms with Crippen LogP contribution in [0.25, 0.3) is 0 Å². The summed E-state index contributed by atoms with van der Waals surface area (Å²) in [6, 6.07) is 6.19. The molecule has 1 atom stereocenters. The van der Waals surface area contributed by atoms with Crippen LogP contribution in [0.2, 0.25) is 0 Å². The van der Waals surface area contributed by atoms with Gasteiger partial charge in [-0.3, -0.25) is 14.4 Å². The summed E-state index contributed by atoms with van der Waals surface area (Å²) in [6.45, 7) is 3.09. The number of ether oxygens (including phenoxy) is 2. The van der Waals surface area contributed by atoms with Crippen molar-refractivity contribution in [2.75, 3.05) is 32.6 Å². The van der Waals surface area contributed by atoms with Gasteiger partial charge in [0.15, 0.2) is 5.69 Å². The molecule has 1 fully saturated rings. The van der Waals surface area contributed by atoms with Crippen LogP contribution in [0.15, 0.2) is 24.3 Å². The van der Waals surface area contributed by atoms with E-state index in [9.17, 15) is 14.4 Å². The Balaban J connectivity index is 2.00. The minimum Gasteiger partial charge on any atom is -0.497 e. The van der Waals surface area contributed by atoms with Crippen LogP contribution >= 0.6 is 11.5 Å². The number of anilines is 1. The van der Waals surface area contributed by atoms with Crippen LogP contribution in [-0.2, 0) is 9.53 Å². The summed E-state index contributed by atoms with van der Waals surface area (Å²) in [5.41, 5.74) is 11.8.